The predicted octanol–water partition coefficient (Wildman–Crippen LogP) is 3.18. The quantitative estimate of drug-likeness (QED) is 0.830. The molecule has 3 heteroatoms. The van der Waals surface area contributed by atoms with E-state index in [1.54, 1.807) is 12.1 Å². The van der Waals surface area contributed by atoms with Crippen molar-refractivity contribution < 1.29 is 9.18 Å². The third kappa shape index (κ3) is 3.39. The van der Waals surface area contributed by atoms with Crippen molar-refractivity contribution in [2.75, 3.05) is 6.54 Å². The first-order chi connectivity index (χ1) is 8.69. The highest BCUT2D eigenvalue weighted by molar-refractivity contribution is 5.96. The minimum Gasteiger partial charge on any atom is -0.314 e. The number of carbonyl (C=O) groups excluding carboxylic acids is 1. The number of hydrogen-bond acceptors (Lipinski definition) is 2. The molecular formula is C15H20FNO. The van der Waals surface area contributed by atoms with E-state index in [2.05, 4.69) is 12.2 Å². The lowest BCUT2D eigenvalue weighted by Gasteiger charge is -2.29. The second-order valence-corrected chi connectivity index (χ2v) is 5.08. The summed E-state index contributed by atoms with van der Waals surface area (Å²) >= 11 is 0. The van der Waals surface area contributed by atoms with E-state index in [9.17, 15) is 9.18 Å². The van der Waals surface area contributed by atoms with Crippen molar-refractivity contribution in [2.45, 2.75) is 38.6 Å². The third-order valence-electron chi connectivity index (χ3n) is 3.78. The molecule has 1 fully saturated rings. The Morgan fingerprint density at radius 2 is 2.11 bits per heavy atom. The van der Waals surface area contributed by atoms with Gasteiger partial charge in [-0.25, -0.2) is 4.39 Å². The number of nitrogens with one attached hydrogen (secondary N) is 1. The zero-order valence-electron chi connectivity index (χ0n) is 10.8. The number of halogens is 1. The number of ketones is 1. The number of carbonyl (C=O) groups is 1. The van der Waals surface area contributed by atoms with E-state index in [0.717, 1.165) is 18.9 Å². The van der Waals surface area contributed by atoms with Crippen molar-refractivity contribution in [3.63, 3.8) is 0 Å². The molecule has 1 aliphatic rings. The van der Waals surface area contributed by atoms with Gasteiger partial charge in [-0.05, 0) is 49.6 Å². The van der Waals surface area contributed by atoms with Gasteiger partial charge in [0.05, 0.1) is 0 Å². The van der Waals surface area contributed by atoms with Crippen molar-refractivity contribution in [3.05, 3.63) is 35.6 Å². The van der Waals surface area contributed by atoms with Crippen molar-refractivity contribution in [1.82, 2.24) is 5.32 Å². The largest absolute Gasteiger partial charge is 0.314 e. The molecule has 0 bridgehead atoms. The van der Waals surface area contributed by atoms with Gasteiger partial charge in [-0.3, -0.25) is 4.79 Å². The molecule has 18 heavy (non-hydrogen) atoms. The van der Waals surface area contributed by atoms with Gasteiger partial charge in [-0.15, -0.1) is 0 Å². The average molecular weight is 249 g/mol. The summed E-state index contributed by atoms with van der Waals surface area (Å²) < 4.78 is 12.8. The Hall–Kier alpha value is -1.22. The van der Waals surface area contributed by atoms with Crippen molar-refractivity contribution in [3.8, 4) is 0 Å². The smallest absolute Gasteiger partial charge is 0.164 e. The third-order valence-corrected chi connectivity index (χ3v) is 3.78. The number of piperidine rings is 1. The highest BCUT2D eigenvalue weighted by atomic mass is 19.1. The van der Waals surface area contributed by atoms with Crippen LogP contribution >= 0.6 is 0 Å². The lowest BCUT2D eigenvalue weighted by molar-refractivity contribution is 0.0957. The zero-order chi connectivity index (χ0) is 13.0. The van der Waals surface area contributed by atoms with Crippen LogP contribution < -0.4 is 5.32 Å². The van der Waals surface area contributed by atoms with Gasteiger partial charge in [0.2, 0.25) is 0 Å². The number of benzene rings is 1. The molecule has 1 aliphatic heterocycles. The van der Waals surface area contributed by atoms with Gasteiger partial charge >= 0.3 is 0 Å². The summed E-state index contributed by atoms with van der Waals surface area (Å²) in [6, 6.07) is 6.10. The Kier molecular flexibility index (Phi) is 4.48. The van der Waals surface area contributed by atoms with Gasteiger partial charge in [0.15, 0.2) is 5.78 Å². The predicted molar refractivity (Wildman–Crippen MR) is 70.2 cm³/mol. The van der Waals surface area contributed by atoms with Gasteiger partial charge < -0.3 is 5.32 Å². The SMILES string of the molecule is CCC1CCNC(CC(=O)c2ccc(F)cc2)C1. The lowest BCUT2D eigenvalue weighted by atomic mass is 9.87. The Morgan fingerprint density at radius 3 is 2.78 bits per heavy atom. The molecule has 0 saturated carbocycles. The molecule has 1 N–H and O–H groups in total. The first kappa shape index (κ1) is 13.2. The molecule has 0 amide bonds. The number of rotatable bonds is 4. The van der Waals surface area contributed by atoms with Gasteiger partial charge in [-0.2, -0.15) is 0 Å². The fraction of sp³-hybridized carbons (Fsp3) is 0.533. The van der Waals surface area contributed by atoms with E-state index in [1.165, 1.54) is 25.0 Å². The molecule has 2 unspecified atom stereocenters. The van der Waals surface area contributed by atoms with Crippen molar-refractivity contribution in [1.29, 1.82) is 0 Å². The molecule has 1 heterocycles. The molecule has 2 atom stereocenters. The van der Waals surface area contributed by atoms with Crippen LogP contribution in [-0.2, 0) is 0 Å². The van der Waals surface area contributed by atoms with Crippen LogP contribution in [0.15, 0.2) is 24.3 Å². The molecule has 0 aromatic heterocycles. The highest BCUT2D eigenvalue weighted by Crippen LogP contribution is 2.22. The number of Topliss-reactive ketones (excluding diaryl/α,β-unsaturated/α-hetero) is 1. The fourth-order valence-corrected chi connectivity index (χ4v) is 2.60. The Balaban J connectivity index is 1.92. The summed E-state index contributed by atoms with van der Waals surface area (Å²) in [6.45, 7) is 3.20. The van der Waals surface area contributed by atoms with Crippen LogP contribution in [0.5, 0.6) is 0 Å². The molecule has 2 rings (SSSR count). The lowest BCUT2D eigenvalue weighted by Crippen LogP contribution is -2.39. The van der Waals surface area contributed by atoms with Gasteiger partial charge in [0.25, 0.3) is 0 Å². The monoisotopic (exact) mass is 249 g/mol. The fourth-order valence-electron chi connectivity index (χ4n) is 2.60. The molecule has 1 saturated heterocycles. The molecule has 1 aromatic rings. The zero-order valence-corrected chi connectivity index (χ0v) is 10.8. The summed E-state index contributed by atoms with van der Waals surface area (Å²) in [5.41, 5.74) is 0.608. The van der Waals surface area contributed by atoms with Crippen LogP contribution in [0.25, 0.3) is 0 Å². The Bertz CT molecular complexity index is 401. The maximum Gasteiger partial charge on any atom is 0.164 e. The minimum atomic E-state index is -0.298. The second-order valence-electron chi connectivity index (χ2n) is 5.08. The summed E-state index contributed by atoms with van der Waals surface area (Å²) in [6.07, 6.45) is 3.98. The molecule has 0 spiro atoms. The van der Waals surface area contributed by atoms with Gasteiger partial charge in [0.1, 0.15) is 5.82 Å². The topological polar surface area (TPSA) is 29.1 Å². The van der Waals surface area contributed by atoms with E-state index < -0.39 is 0 Å². The maximum absolute atomic E-state index is 12.8. The Labute approximate surface area is 108 Å². The van der Waals surface area contributed by atoms with Crippen LogP contribution in [-0.4, -0.2) is 18.4 Å². The molecule has 1 aromatic carbocycles. The molecule has 2 nitrogen and oxygen atoms in total. The van der Waals surface area contributed by atoms with E-state index in [1.807, 2.05) is 0 Å². The molecule has 98 valence electrons. The molecule has 0 radical (unpaired) electrons. The van der Waals surface area contributed by atoms with Crippen molar-refractivity contribution in [2.24, 2.45) is 5.92 Å². The van der Waals surface area contributed by atoms with Gasteiger partial charge in [-0.1, -0.05) is 13.3 Å². The first-order valence-corrected chi connectivity index (χ1v) is 6.71. The highest BCUT2D eigenvalue weighted by Gasteiger charge is 2.22. The number of hydrogen-bond donors (Lipinski definition) is 1. The molecular weight excluding hydrogens is 229 g/mol. The minimum absolute atomic E-state index is 0.101. The average Bonchev–Trinajstić information content (AvgIpc) is 2.39. The van der Waals surface area contributed by atoms with Crippen molar-refractivity contribution >= 4 is 5.78 Å². The summed E-state index contributed by atoms with van der Waals surface area (Å²) in [5, 5.41) is 3.40. The van der Waals surface area contributed by atoms with Crippen LogP contribution in [0.2, 0.25) is 0 Å². The van der Waals surface area contributed by atoms with Gasteiger partial charge in [0, 0.05) is 18.0 Å². The van der Waals surface area contributed by atoms with Crippen LogP contribution in [0.4, 0.5) is 4.39 Å². The van der Waals surface area contributed by atoms with Crippen LogP contribution in [0.3, 0.4) is 0 Å². The van der Waals surface area contributed by atoms with E-state index in [0.29, 0.717) is 12.0 Å². The summed E-state index contributed by atoms with van der Waals surface area (Å²) in [4.78, 5) is 12.1. The molecule has 0 aliphatic carbocycles. The van der Waals surface area contributed by atoms with E-state index in [-0.39, 0.29) is 17.6 Å². The summed E-state index contributed by atoms with van der Waals surface area (Å²) in [7, 11) is 0. The Morgan fingerprint density at radius 1 is 1.39 bits per heavy atom. The van der Waals surface area contributed by atoms with Crippen LogP contribution in [0, 0.1) is 11.7 Å². The van der Waals surface area contributed by atoms with E-state index >= 15 is 0 Å². The normalized spacial score (nSPS) is 23.9. The van der Waals surface area contributed by atoms with Crippen LogP contribution in [0.1, 0.15) is 43.0 Å². The first-order valence-electron chi connectivity index (χ1n) is 6.71. The second kappa shape index (κ2) is 6.10. The van der Waals surface area contributed by atoms with E-state index in [4.69, 9.17) is 0 Å². The summed E-state index contributed by atoms with van der Waals surface area (Å²) in [5.74, 6) is 0.537. The maximum atomic E-state index is 12.8. The standard InChI is InChI=1S/C15H20FNO/c1-2-11-7-8-17-14(9-11)10-15(18)12-3-5-13(16)6-4-12/h3-6,11,14,17H,2,7-10H2,1H3.